The van der Waals surface area contributed by atoms with Gasteiger partial charge in [-0.05, 0) is 18.2 Å². The Morgan fingerprint density at radius 1 is 1.44 bits per heavy atom. The number of anilines is 1. The molecule has 16 heavy (non-hydrogen) atoms. The molecule has 0 atom stereocenters. The van der Waals surface area contributed by atoms with Crippen molar-refractivity contribution >= 4 is 22.4 Å². The zero-order valence-corrected chi connectivity index (χ0v) is 8.53. The zero-order valence-electron chi connectivity index (χ0n) is 8.53. The van der Waals surface area contributed by atoms with E-state index in [9.17, 15) is 9.18 Å². The number of carbonyl (C=O) groups is 1. The Hall–Kier alpha value is -2.17. The highest BCUT2D eigenvalue weighted by Crippen LogP contribution is 2.25. The molecule has 0 aliphatic rings. The smallest absolute Gasteiger partial charge is 0.357 e. The van der Waals surface area contributed by atoms with Gasteiger partial charge in [0.05, 0.1) is 12.5 Å². The Balaban J connectivity index is 2.86. The maximum absolute atomic E-state index is 13.6. The number of hydrogen-bond acceptors (Lipinski definition) is 4. The summed E-state index contributed by atoms with van der Waals surface area (Å²) in [4.78, 5) is 15.2. The predicted octanol–water partition coefficient (Wildman–Crippen LogP) is 1.74. The van der Waals surface area contributed by atoms with Crippen LogP contribution in [0.25, 0.3) is 10.8 Å². The van der Waals surface area contributed by atoms with Crippen LogP contribution in [0.4, 0.5) is 10.1 Å². The monoisotopic (exact) mass is 220 g/mol. The van der Waals surface area contributed by atoms with E-state index < -0.39 is 11.8 Å². The minimum atomic E-state index is -0.685. The molecule has 4 nitrogen and oxygen atoms in total. The molecule has 0 unspecified atom stereocenters. The van der Waals surface area contributed by atoms with Crippen LogP contribution in [0, 0.1) is 5.82 Å². The third-order valence-electron chi connectivity index (χ3n) is 2.29. The van der Waals surface area contributed by atoms with Gasteiger partial charge in [-0.1, -0.05) is 0 Å². The molecule has 1 heterocycles. The van der Waals surface area contributed by atoms with Crippen LogP contribution in [-0.4, -0.2) is 18.1 Å². The quantitative estimate of drug-likeness (QED) is 0.587. The SMILES string of the molecule is COC(=O)c1nccc2c(N)ccc(F)c12. The van der Waals surface area contributed by atoms with E-state index in [0.29, 0.717) is 11.1 Å². The Bertz CT molecular complexity index is 569. The minimum absolute atomic E-state index is 0.0650. The van der Waals surface area contributed by atoms with Crippen molar-refractivity contribution in [3.05, 3.63) is 35.9 Å². The number of esters is 1. The third-order valence-corrected chi connectivity index (χ3v) is 2.29. The van der Waals surface area contributed by atoms with E-state index in [2.05, 4.69) is 9.72 Å². The Kier molecular flexibility index (Phi) is 2.44. The lowest BCUT2D eigenvalue weighted by molar-refractivity contribution is 0.0596. The number of aromatic nitrogens is 1. The van der Waals surface area contributed by atoms with Crippen molar-refractivity contribution in [2.75, 3.05) is 12.8 Å². The van der Waals surface area contributed by atoms with Crippen molar-refractivity contribution in [3.8, 4) is 0 Å². The van der Waals surface area contributed by atoms with Crippen molar-refractivity contribution in [3.63, 3.8) is 0 Å². The number of carbonyl (C=O) groups excluding carboxylic acids is 1. The van der Waals surface area contributed by atoms with Crippen LogP contribution < -0.4 is 5.73 Å². The second-order valence-electron chi connectivity index (χ2n) is 3.21. The van der Waals surface area contributed by atoms with Gasteiger partial charge in [-0.3, -0.25) is 0 Å². The van der Waals surface area contributed by atoms with Gasteiger partial charge in [-0.25, -0.2) is 14.2 Å². The summed E-state index contributed by atoms with van der Waals surface area (Å²) >= 11 is 0. The van der Waals surface area contributed by atoms with E-state index in [1.807, 2.05) is 0 Å². The van der Waals surface area contributed by atoms with Crippen LogP contribution in [0.5, 0.6) is 0 Å². The molecule has 0 amide bonds. The lowest BCUT2D eigenvalue weighted by Gasteiger charge is -2.06. The van der Waals surface area contributed by atoms with Gasteiger partial charge < -0.3 is 10.5 Å². The first-order valence-corrected chi connectivity index (χ1v) is 4.56. The van der Waals surface area contributed by atoms with Crippen molar-refractivity contribution in [2.24, 2.45) is 0 Å². The van der Waals surface area contributed by atoms with E-state index in [0.717, 1.165) is 0 Å². The normalized spacial score (nSPS) is 10.4. The Morgan fingerprint density at radius 2 is 2.19 bits per heavy atom. The van der Waals surface area contributed by atoms with Crippen LogP contribution in [-0.2, 0) is 4.74 Å². The van der Waals surface area contributed by atoms with Crippen molar-refractivity contribution in [1.82, 2.24) is 4.98 Å². The first kappa shape index (κ1) is 10.4. The van der Waals surface area contributed by atoms with Crippen molar-refractivity contribution < 1.29 is 13.9 Å². The zero-order chi connectivity index (χ0) is 11.7. The maximum atomic E-state index is 13.6. The fourth-order valence-corrected chi connectivity index (χ4v) is 1.53. The maximum Gasteiger partial charge on any atom is 0.357 e. The molecule has 2 aromatic rings. The van der Waals surface area contributed by atoms with Gasteiger partial charge in [-0.2, -0.15) is 0 Å². The van der Waals surface area contributed by atoms with E-state index >= 15 is 0 Å². The summed E-state index contributed by atoms with van der Waals surface area (Å²) < 4.78 is 18.2. The standard InChI is InChI=1S/C11H9FN2O2/c1-16-11(15)10-9-6(4-5-14-10)8(13)3-2-7(9)12/h2-5H,13H2,1H3. The number of methoxy groups -OCH3 is 1. The third kappa shape index (κ3) is 1.46. The molecule has 1 aromatic heterocycles. The topological polar surface area (TPSA) is 65.2 Å². The van der Waals surface area contributed by atoms with Gasteiger partial charge in [-0.15, -0.1) is 0 Å². The summed E-state index contributed by atoms with van der Waals surface area (Å²) in [5.41, 5.74) is 6.02. The van der Waals surface area contributed by atoms with Gasteiger partial charge in [0.2, 0.25) is 0 Å². The summed E-state index contributed by atoms with van der Waals surface area (Å²) in [6.07, 6.45) is 1.39. The number of nitrogen functional groups attached to an aromatic ring is 1. The fraction of sp³-hybridized carbons (Fsp3) is 0.0909. The molecular weight excluding hydrogens is 211 g/mol. The van der Waals surface area contributed by atoms with Crippen LogP contribution >= 0.6 is 0 Å². The van der Waals surface area contributed by atoms with Gasteiger partial charge in [0.15, 0.2) is 5.69 Å². The van der Waals surface area contributed by atoms with Gasteiger partial charge in [0, 0.05) is 17.3 Å². The number of rotatable bonds is 1. The molecule has 0 saturated heterocycles. The molecule has 1 aromatic carbocycles. The number of ether oxygens (including phenoxy) is 1. The molecule has 0 bridgehead atoms. The molecule has 5 heteroatoms. The van der Waals surface area contributed by atoms with E-state index in [1.165, 1.54) is 25.4 Å². The first-order chi connectivity index (χ1) is 7.65. The average molecular weight is 220 g/mol. The van der Waals surface area contributed by atoms with E-state index in [4.69, 9.17) is 5.73 Å². The average Bonchev–Trinajstić information content (AvgIpc) is 2.32. The van der Waals surface area contributed by atoms with Gasteiger partial charge >= 0.3 is 5.97 Å². The molecular formula is C11H9FN2O2. The molecule has 0 fully saturated rings. The van der Waals surface area contributed by atoms with E-state index in [-0.39, 0.29) is 11.1 Å². The fourth-order valence-electron chi connectivity index (χ4n) is 1.53. The van der Waals surface area contributed by atoms with Gasteiger partial charge in [0.1, 0.15) is 5.82 Å². The summed E-state index contributed by atoms with van der Waals surface area (Å²) in [5, 5.41) is 0.546. The summed E-state index contributed by atoms with van der Waals surface area (Å²) in [6.45, 7) is 0. The van der Waals surface area contributed by atoms with Crippen molar-refractivity contribution in [1.29, 1.82) is 0 Å². The lowest BCUT2D eigenvalue weighted by atomic mass is 10.1. The molecule has 0 spiro atoms. The number of benzene rings is 1. The summed E-state index contributed by atoms with van der Waals surface area (Å²) in [5.74, 6) is -1.23. The number of nitrogens with zero attached hydrogens (tertiary/aromatic N) is 1. The van der Waals surface area contributed by atoms with Crippen molar-refractivity contribution in [2.45, 2.75) is 0 Å². The van der Waals surface area contributed by atoms with Crippen LogP contribution in [0.2, 0.25) is 0 Å². The highest BCUT2D eigenvalue weighted by atomic mass is 19.1. The molecule has 0 aliphatic carbocycles. The second-order valence-corrected chi connectivity index (χ2v) is 3.21. The number of pyridine rings is 1. The number of hydrogen-bond donors (Lipinski definition) is 1. The highest BCUT2D eigenvalue weighted by Gasteiger charge is 2.16. The van der Waals surface area contributed by atoms with E-state index in [1.54, 1.807) is 6.07 Å². The molecule has 0 radical (unpaired) electrons. The largest absolute Gasteiger partial charge is 0.464 e. The minimum Gasteiger partial charge on any atom is -0.464 e. The summed E-state index contributed by atoms with van der Waals surface area (Å²) in [6, 6.07) is 4.20. The molecule has 2 rings (SSSR count). The Labute approximate surface area is 90.8 Å². The highest BCUT2D eigenvalue weighted by molar-refractivity contribution is 6.06. The molecule has 0 aliphatic heterocycles. The van der Waals surface area contributed by atoms with Crippen LogP contribution in [0.3, 0.4) is 0 Å². The molecule has 0 saturated carbocycles. The lowest BCUT2D eigenvalue weighted by Crippen LogP contribution is -2.06. The van der Waals surface area contributed by atoms with Crippen LogP contribution in [0.15, 0.2) is 24.4 Å². The number of nitrogens with two attached hydrogens (primary N) is 1. The molecule has 82 valence electrons. The second kappa shape index (κ2) is 3.77. The first-order valence-electron chi connectivity index (χ1n) is 4.56. The molecule has 2 N–H and O–H groups in total. The van der Waals surface area contributed by atoms with Crippen LogP contribution in [0.1, 0.15) is 10.5 Å². The number of fused-ring (bicyclic) bond motifs is 1. The predicted molar refractivity (Wildman–Crippen MR) is 57.5 cm³/mol. The summed E-state index contributed by atoms with van der Waals surface area (Å²) in [7, 11) is 1.22. The Morgan fingerprint density at radius 3 is 2.88 bits per heavy atom. The van der Waals surface area contributed by atoms with Gasteiger partial charge in [0.25, 0.3) is 0 Å². The number of halogens is 1.